The normalized spacial score (nSPS) is 15.4. The van der Waals surface area contributed by atoms with Gasteiger partial charge in [0, 0.05) is 12.1 Å². The highest BCUT2D eigenvalue weighted by molar-refractivity contribution is 7.07. The molecule has 230 valence electrons. The Morgan fingerprint density at radius 3 is 2.62 bits per heavy atom. The number of hydrogen-bond acceptors (Lipinski definition) is 11. The Kier molecular flexibility index (Phi) is 8.09. The van der Waals surface area contributed by atoms with Gasteiger partial charge in [-0.1, -0.05) is 23.5 Å². The summed E-state index contributed by atoms with van der Waals surface area (Å²) >= 11 is 1.21. The SMILES string of the molecule is CCOC(=O)C1=C(C)N=c2s/c(=C\c3ccc(OCc4ccc([N+](=O)[O-])cc4)c(OC)c3)c(=O)n2[C@@H]1c1ccc2c(c1)OCO2. The van der Waals surface area contributed by atoms with Crippen LogP contribution in [0.15, 0.2) is 81.7 Å². The van der Waals surface area contributed by atoms with Crippen LogP contribution in [0.1, 0.15) is 36.6 Å². The van der Waals surface area contributed by atoms with Crippen LogP contribution in [-0.2, 0) is 16.1 Å². The number of fused-ring (bicyclic) bond motifs is 2. The van der Waals surface area contributed by atoms with E-state index < -0.39 is 16.9 Å². The molecule has 0 aliphatic carbocycles. The smallest absolute Gasteiger partial charge is 0.338 e. The number of esters is 1. The largest absolute Gasteiger partial charge is 0.493 e. The number of nitrogens with zero attached hydrogens (tertiary/aromatic N) is 3. The Bertz CT molecular complexity index is 2030. The average Bonchev–Trinajstić information content (AvgIpc) is 3.63. The Hall–Kier alpha value is -5.43. The third-order valence-corrected chi connectivity index (χ3v) is 8.24. The molecule has 0 spiro atoms. The molecule has 0 radical (unpaired) electrons. The Labute approximate surface area is 260 Å². The van der Waals surface area contributed by atoms with Gasteiger partial charge >= 0.3 is 5.97 Å². The van der Waals surface area contributed by atoms with Gasteiger partial charge in [0.15, 0.2) is 27.8 Å². The first-order valence-corrected chi connectivity index (χ1v) is 14.7. The molecule has 0 fully saturated rings. The molecule has 0 unspecified atom stereocenters. The lowest BCUT2D eigenvalue weighted by Crippen LogP contribution is -2.39. The zero-order chi connectivity index (χ0) is 31.7. The number of hydrogen-bond donors (Lipinski definition) is 0. The van der Waals surface area contributed by atoms with Crippen LogP contribution in [0, 0.1) is 10.1 Å². The molecule has 12 nitrogen and oxygen atoms in total. The predicted molar refractivity (Wildman–Crippen MR) is 163 cm³/mol. The molecule has 0 saturated carbocycles. The highest BCUT2D eigenvalue weighted by Gasteiger charge is 2.34. The summed E-state index contributed by atoms with van der Waals surface area (Å²) < 4.78 is 29.8. The molecule has 0 N–H and O–H groups in total. The van der Waals surface area contributed by atoms with E-state index in [1.807, 2.05) is 0 Å². The van der Waals surface area contributed by atoms with E-state index in [1.165, 1.54) is 35.1 Å². The molecular formula is C32H27N3O9S. The van der Waals surface area contributed by atoms with Crippen molar-refractivity contribution in [3.63, 3.8) is 0 Å². The molecule has 3 heterocycles. The Morgan fingerprint density at radius 2 is 1.89 bits per heavy atom. The van der Waals surface area contributed by atoms with Crippen LogP contribution in [0.25, 0.3) is 6.08 Å². The van der Waals surface area contributed by atoms with Gasteiger partial charge in [0.25, 0.3) is 11.2 Å². The number of nitro benzene ring substituents is 1. The summed E-state index contributed by atoms with van der Waals surface area (Å²) in [4.78, 5) is 42.6. The first-order valence-electron chi connectivity index (χ1n) is 13.9. The lowest BCUT2D eigenvalue weighted by molar-refractivity contribution is -0.384. The molecular weight excluding hydrogens is 602 g/mol. The molecule has 0 bridgehead atoms. The molecule has 45 heavy (non-hydrogen) atoms. The number of allylic oxidation sites excluding steroid dienone is 1. The topological polar surface area (TPSA) is 141 Å². The minimum absolute atomic E-state index is 0.000420. The fourth-order valence-electron chi connectivity index (χ4n) is 5.11. The van der Waals surface area contributed by atoms with E-state index in [0.717, 1.165) is 5.56 Å². The van der Waals surface area contributed by atoms with Crippen molar-refractivity contribution in [2.24, 2.45) is 4.99 Å². The summed E-state index contributed by atoms with van der Waals surface area (Å²) in [5, 5.41) is 10.9. The van der Waals surface area contributed by atoms with E-state index in [0.29, 0.717) is 49.2 Å². The van der Waals surface area contributed by atoms with E-state index in [2.05, 4.69) is 4.99 Å². The van der Waals surface area contributed by atoms with Gasteiger partial charge in [0.1, 0.15) is 6.61 Å². The fraction of sp³-hybridized carbons (Fsp3) is 0.219. The molecule has 2 aliphatic heterocycles. The van der Waals surface area contributed by atoms with Crippen molar-refractivity contribution < 1.29 is 33.4 Å². The van der Waals surface area contributed by atoms with Crippen LogP contribution in [0.3, 0.4) is 0 Å². The summed E-state index contributed by atoms with van der Waals surface area (Å²) in [7, 11) is 1.51. The third kappa shape index (κ3) is 5.77. The fourth-order valence-corrected chi connectivity index (χ4v) is 6.16. The van der Waals surface area contributed by atoms with E-state index in [-0.39, 0.29) is 36.8 Å². The zero-order valence-electron chi connectivity index (χ0n) is 24.5. The number of carbonyl (C=O) groups is 1. The molecule has 13 heteroatoms. The minimum atomic E-state index is -0.790. The van der Waals surface area contributed by atoms with E-state index in [4.69, 9.17) is 23.7 Å². The lowest BCUT2D eigenvalue weighted by atomic mass is 9.95. The van der Waals surface area contributed by atoms with Crippen molar-refractivity contribution in [3.05, 3.63) is 118 Å². The molecule has 6 rings (SSSR count). The van der Waals surface area contributed by atoms with E-state index >= 15 is 0 Å². The van der Waals surface area contributed by atoms with Crippen LogP contribution in [0.4, 0.5) is 5.69 Å². The van der Waals surface area contributed by atoms with Crippen molar-refractivity contribution in [1.82, 2.24) is 4.57 Å². The average molecular weight is 630 g/mol. The molecule has 3 aromatic carbocycles. The molecule has 1 aromatic heterocycles. The van der Waals surface area contributed by atoms with Gasteiger partial charge in [-0.05, 0) is 73.0 Å². The third-order valence-electron chi connectivity index (χ3n) is 7.26. The molecule has 1 atom stereocenters. The number of non-ortho nitro benzene ring substituents is 1. The maximum Gasteiger partial charge on any atom is 0.338 e. The van der Waals surface area contributed by atoms with Crippen molar-refractivity contribution in [2.75, 3.05) is 20.5 Å². The van der Waals surface area contributed by atoms with Gasteiger partial charge in [0.05, 0.1) is 40.5 Å². The van der Waals surface area contributed by atoms with Crippen molar-refractivity contribution in [3.8, 4) is 23.0 Å². The predicted octanol–water partition coefficient (Wildman–Crippen LogP) is 4.02. The first-order chi connectivity index (χ1) is 21.8. The number of nitro groups is 1. The number of carbonyl (C=O) groups excluding carboxylic acids is 1. The van der Waals surface area contributed by atoms with Crippen molar-refractivity contribution in [2.45, 2.75) is 26.5 Å². The van der Waals surface area contributed by atoms with Crippen LogP contribution in [-0.4, -0.2) is 36.0 Å². The number of thiazole rings is 1. The van der Waals surface area contributed by atoms with Gasteiger partial charge in [-0.25, -0.2) is 9.79 Å². The number of rotatable bonds is 9. The summed E-state index contributed by atoms with van der Waals surface area (Å²) in [5.74, 6) is 1.46. The maximum atomic E-state index is 14.0. The maximum absolute atomic E-state index is 14.0. The van der Waals surface area contributed by atoms with Gasteiger partial charge in [-0.3, -0.25) is 19.5 Å². The van der Waals surface area contributed by atoms with Gasteiger partial charge in [-0.2, -0.15) is 0 Å². The summed E-state index contributed by atoms with van der Waals surface area (Å²) in [6.45, 7) is 3.88. The highest BCUT2D eigenvalue weighted by atomic mass is 32.1. The van der Waals surface area contributed by atoms with Crippen molar-refractivity contribution >= 4 is 29.1 Å². The molecule has 0 saturated heterocycles. The first kappa shape index (κ1) is 29.6. The number of methoxy groups -OCH3 is 1. The summed E-state index contributed by atoms with van der Waals surface area (Å²) in [6, 6.07) is 15.9. The monoisotopic (exact) mass is 629 g/mol. The van der Waals surface area contributed by atoms with E-state index in [1.54, 1.807) is 68.5 Å². The lowest BCUT2D eigenvalue weighted by Gasteiger charge is -2.24. The van der Waals surface area contributed by atoms with E-state index in [9.17, 15) is 19.7 Å². The number of aromatic nitrogens is 1. The summed E-state index contributed by atoms with van der Waals surface area (Å²) in [5.41, 5.74) is 2.49. The second-order valence-corrected chi connectivity index (χ2v) is 11.0. The number of ether oxygens (including phenoxy) is 5. The van der Waals surface area contributed by atoms with Crippen LogP contribution in [0.5, 0.6) is 23.0 Å². The molecule has 2 aliphatic rings. The van der Waals surface area contributed by atoms with Crippen LogP contribution >= 0.6 is 11.3 Å². The second kappa shape index (κ2) is 12.3. The molecule has 0 amide bonds. The standard InChI is InChI=1S/C32H27N3O9S/c1-4-41-31(37)28-18(2)33-32-34(29(28)21-8-12-24-26(15-21)44-17-43-24)30(36)27(45-32)14-20-7-11-23(25(13-20)40-3)42-16-19-5-9-22(10-6-19)35(38)39/h5-15,29H,4,16-17H2,1-3H3/b27-14-/t29-/m1/s1. The Balaban J connectivity index is 1.35. The quantitative estimate of drug-likeness (QED) is 0.153. The minimum Gasteiger partial charge on any atom is -0.493 e. The highest BCUT2D eigenvalue weighted by Crippen LogP contribution is 2.38. The van der Waals surface area contributed by atoms with Gasteiger partial charge in [0.2, 0.25) is 6.79 Å². The number of benzene rings is 3. The van der Waals surface area contributed by atoms with Crippen molar-refractivity contribution in [1.29, 1.82) is 0 Å². The Morgan fingerprint density at radius 1 is 1.11 bits per heavy atom. The van der Waals surface area contributed by atoms with Crippen LogP contribution < -0.4 is 33.8 Å². The second-order valence-electron chi connectivity index (χ2n) is 10.0. The summed E-state index contributed by atoms with van der Waals surface area (Å²) in [6.07, 6.45) is 1.73. The van der Waals surface area contributed by atoms with Gasteiger partial charge in [-0.15, -0.1) is 0 Å². The zero-order valence-corrected chi connectivity index (χ0v) is 25.3. The molecule has 4 aromatic rings. The van der Waals surface area contributed by atoms with Crippen LogP contribution in [0.2, 0.25) is 0 Å². The van der Waals surface area contributed by atoms with Gasteiger partial charge < -0.3 is 23.7 Å².